The number of hydrogen-bond donors (Lipinski definition) is 0. The lowest BCUT2D eigenvalue weighted by atomic mass is 10.2. The van der Waals surface area contributed by atoms with Crippen molar-refractivity contribution in [3.8, 4) is 0 Å². The molecule has 0 bridgehead atoms. The summed E-state index contributed by atoms with van der Waals surface area (Å²) in [7, 11) is 0. The lowest BCUT2D eigenvalue weighted by molar-refractivity contribution is 0.950. The van der Waals surface area contributed by atoms with Gasteiger partial charge in [0.05, 0.1) is 26.2 Å². The molecule has 0 aliphatic carbocycles. The standard InChI is InChI=1S/C14H24N4/c1-11-9-12(2)16-7-8-18-14(4)10-13(3)17-6-5-15-11/h5-10H2,1-4H3. The minimum Gasteiger partial charge on any atom is -0.292 e. The Morgan fingerprint density at radius 3 is 0.944 bits per heavy atom. The second-order valence-corrected chi connectivity index (χ2v) is 4.82. The zero-order valence-electron chi connectivity index (χ0n) is 12.0. The fourth-order valence-corrected chi connectivity index (χ4v) is 1.93. The lowest BCUT2D eigenvalue weighted by Gasteiger charge is -2.04. The number of rotatable bonds is 0. The van der Waals surface area contributed by atoms with Crippen LogP contribution < -0.4 is 0 Å². The van der Waals surface area contributed by atoms with E-state index in [1.54, 1.807) is 0 Å². The molecule has 0 aromatic heterocycles. The molecule has 0 radical (unpaired) electrons. The molecule has 1 aliphatic heterocycles. The van der Waals surface area contributed by atoms with E-state index in [1.165, 1.54) is 0 Å². The molecule has 0 aromatic rings. The van der Waals surface area contributed by atoms with Crippen LogP contribution >= 0.6 is 0 Å². The van der Waals surface area contributed by atoms with Crippen LogP contribution in [0, 0.1) is 0 Å². The van der Waals surface area contributed by atoms with Gasteiger partial charge in [0, 0.05) is 35.7 Å². The van der Waals surface area contributed by atoms with Gasteiger partial charge in [-0.1, -0.05) is 0 Å². The van der Waals surface area contributed by atoms with Crippen molar-refractivity contribution in [2.24, 2.45) is 20.0 Å². The Morgan fingerprint density at radius 2 is 0.722 bits per heavy atom. The van der Waals surface area contributed by atoms with Crippen molar-refractivity contribution < 1.29 is 0 Å². The topological polar surface area (TPSA) is 49.4 Å². The Kier molecular flexibility index (Phi) is 6.47. The van der Waals surface area contributed by atoms with E-state index in [9.17, 15) is 0 Å². The highest BCUT2D eigenvalue weighted by atomic mass is 14.8. The first kappa shape index (κ1) is 14.7. The maximum Gasteiger partial charge on any atom is 0.0584 e. The number of nitrogens with zero attached hydrogens (tertiary/aromatic N) is 4. The molecule has 0 saturated heterocycles. The smallest absolute Gasteiger partial charge is 0.0584 e. The van der Waals surface area contributed by atoms with Gasteiger partial charge in [-0.25, -0.2) is 0 Å². The van der Waals surface area contributed by atoms with E-state index in [2.05, 4.69) is 47.7 Å². The zero-order chi connectivity index (χ0) is 13.4. The predicted octanol–water partition coefficient (Wildman–Crippen LogP) is 2.62. The Labute approximate surface area is 110 Å². The average Bonchev–Trinajstić information content (AvgIpc) is 2.29. The Hall–Kier alpha value is -1.32. The molecular formula is C14H24N4. The van der Waals surface area contributed by atoms with Crippen LogP contribution in [0.25, 0.3) is 0 Å². The second kappa shape index (κ2) is 7.90. The first-order valence-corrected chi connectivity index (χ1v) is 6.57. The fraction of sp³-hybridized carbons (Fsp3) is 0.714. The van der Waals surface area contributed by atoms with E-state index < -0.39 is 0 Å². The Balaban J connectivity index is 2.72. The SMILES string of the molecule is CC1=NCCN=C(C)CC(C)=NCCN=C(C)C1. The summed E-state index contributed by atoms with van der Waals surface area (Å²) in [6.07, 6.45) is 1.73. The molecule has 1 aliphatic rings. The maximum absolute atomic E-state index is 4.51. The molecule has 0 spiro atoms. The quantitative estimate of drug-likeness (QED) is 0.633. The van der Waals surface area contributed by atoms with Gasteiger partial charge in [0.25, 0.3) is 0 Å². The van der Waals surface area contributed by atoms with Crippen molar-refractivity contribution in [2.45, 2.75) is 40.5 Å². The third kappa shape index (κ3) is 6.42. The molecule has 0 atom stereocenters. The van der Waals surface area contributed by atoms with E-state index in [-0.39, 0.29) is 0 Å². The monoisotopic (exact) mass is 248 g/mol. The Morgan fingerprint density at radius 1 is 0.500 bits per heavy atom. The van der Waals surface area contributed by atoms with E-state index in [4.69, 9.17) is 0 Å². The summed E-state index contributed by atoms with van der Waals surface area (Å²) in [5.41, 5.74) is 4.56. The minimum atomic E-state index is 0.770. The summed E-state index contributed by atoms with van der Waals surface area (Å²) in [5, 5.41) is 0. The van der Waals surface area contributed by atoms with E-state index in [0.717, 1.165) is 61.9 Å². The summed E-state index contributed by atoms with van der Waals surface area (Å²) in [6.45, 7) is 11.3. The predicted molar refractivity (Wildman–Crippen MR) is 81.1 cm³/mol. The molecule has 18 heavy (non-hydrogen) atoms. The van der Waals surface area contributed by atoms with Gasteiger partial charge in [-0.05, 0) is 27.7 Å². The van der Waals surface area contributed by atoms with Gasteiger partial charge in [0.1, 0.15) is 0 Å². The van der Waals surface area contributed by atoms with Crippen LogP contribution in [0.2, 0.25) is 0 Å². The van der Waals surface area contributed by atoms with Gasteiger partial charge >= 0.3 is 0 Å². The fourth-order valence-electron chi connectivity index (χ4n) is 1.93. The van der Waals surface area contributed by atoms with Crippen LogP contribution in [0.4, 0.5) is 0 Å². The number of hydrogen-bond acceptors (Lipinski definition) is 4. The second-order valence-electron chi connectivity index (χ2n) is 4.82. The van der Waals surface area contributed by atoms with Crippen LogP contribution in [0.3, 0.4) is 0 Å². The lowest BCUT2D eigenvalue weighted by Crippen LogP contribution is -2.08. The summed E-state index contributed by atoms with van der Waals surface area (Å²) in [6, 6.07) is 0. The minimum absolute atomic E-state index is 0.770. The molecule has 0 N–H and O–H groups in total. The molecule has 4 nitrogen and oxygen atoms in total. The van der Waals surface area contributed by atoms with Crippen molar-refractivity contribution >= 4 is 22.8 Å². The van der Waals surface area contributed by atoms with E-state index in [0.29, 0.717) is 0 Å². The van der Waals surface area contributed by atoms with Gasteiger partial charge in [-0.3, -0.25) is 20.0 Å². The van der Waals surface area contributed by atoms with E-state index >= 15 is 0 Å². The van der Waals surface area contributed by atoms with Crippen LogP contribution in [-0.2, 0) is 0 Å². The van der Waals surface area contributed by atoms with Gasteiger partial charge in [-0.2, -0.15) is 0 Å². The normalized spacial score (nSPS) is 20.2. The molecule has 0 aromatic carbocycles. The molecule has 100 valence electrons. The summed E-state index contributed by atoms with van der Waals surface area (Å²) < 4.78 is 0. The third-order valence-electron chi connectivity index (χ3n) is 2.75. The molecule has 1 heterocycles. The summed E-state index contributed by atoms with van der Waals surface area (Å²) in [5.74, 6) is 0. The molecule has 0 fully saturated rings. The van der Waals surface area contributed by atoms with Gasteiger partial charge in [0.2, 0.25) is 0 Å². The van der Waals surface area contributed by atoms with Crippen molar-refractivity contribution in [3.63, 3.8) is 0 Å². The van der Waals surface area contributed by atoms with Gasteiger partial charge in [0.15, 0.2) is 0 Å². The highest BCUT2D eigenvalue weighted by molar-refractivity contribution is 6.03. The first-order valence-electron chi connectivity index (χ1n) is 6.57. The van der Waals surface area contributed by atoms with Crippen LogP contribution in [0.15, 0.2) is 20.0 Å². The summed E-state index contributed by atoms with van der Waals surface area (Å²) >= 11 is 0. The number of aliphatic imine (C=N–C) groups is 4. The van der Waals surface area contributed by atoms with Crippen molar-refractivity contribution in [1.29, 1.82) is 0 Å². The van der Waals surface area contributed by atoms with Gasteiger partial charge in [-0.15, -0.1) is 0 Å². The molecule has 4 heteroatoms. The van der Waals surface area contributed by atoms with Crippen molar-refractivity contribution in [2.75, 3.05) is 26.2 Å². The van der Waals surface area contributed by atoms with Crippen LogP contribution in [0.5, 0.6) is 0 Å². The van der Waals surface area contributed by atoms with Crippen molar-refractivity contribution in [3.05, 3.63) is 0 Å². The molecule has 1 rings (SSSR count). The molecule has 0 saturated carbocycles. The molecule has 0 amide bonds. The van der Waals surface area contributed by atoms with Crippen LogP contribution in [-0.4, -0.2) is 49.0 Å². The molecular weight excluding hydrogens is 224 g/mol. The van der Waals surface area contributed by atoms with Crippen LogP contribution in [0.1, 0.15) is 40.5 Å². The largest absolute Gasteiger partial charge is 0.292 e. The third-order valence-corrected chi connectivity index (χ3v) is 2.75. The highest BCUT2D eigenvalue weighted by Crippen LogP contribution is 1.96. The Bertz CT molecular complexity index is 315. The highest BCUT2D eigenvalue weighted by Gasteiger charge is 1.98. The molecule has 0 unspecified atom stereocenters. The summed E-state index contributed by atoms with van der Waals surface area (Å²) in [4.78, 5) is 18.1. The first-order chi connectivity index (χ1) is 8.58. The average molecular weight is 248 g/mol. The van der Waals surface area contributed by atoms with Gasteiger partial charge < -0.3 is 0 Å². The van der Waals surface area contributed by atoms with Crippen molar-refractivity contribution in [1.82, 2.24) is 0 Å². The zero-order valence-corrected chi connectivity index (χ0v) is 12.0. The van der Waals surface area contributed by atoms with E-state index in [1.807, 2.05) is 0 Å². The maximum atomic E-state index is 4.51.